The van der Waals surface area contributed by atoms with Gasteiger partial charge in [0, 0.05) is 30.4 Å². The summed E-state index contributed by atoms with van der Waals surface area (Å²) in [6, 6.07) is 6.89. The molecule has 15 heteroatoms. The van der Waals surface area contributed by atoms with E-state index >= 15 is 0 Å². The summed E-state index contributed by atoms with van der Waals surface area (Å²) >= 11 is 0. The monoisotopic (exact) mass is 786 g/mol. The number of methoxy groups -OCH3 is 2. The largest absolute Gasteiger partial charge is 0.453 e. The number of aromatic amines is 2. The fraction of sp³-hybridized carbons (Fsp3) is 0.619. The highest BCUT2D eigenvalue weighted by Gasteiger charge is 2.51. The molecule has 8 rings (SSSR count). The fourth-order valence-electron chi connectivity index (χ4n) is 9.62. The van der Waals surface area contributed by atoms with Gasteiger partial charge in [0.2, 0.25) is 11.8 Å². The van der Waals surface area contributed by atoms with E-state index in [1.165, 1.54) is 25.5 Å². The number of benzene rings is 1. The average Bonchev–Trinajstić information content (AvgIpc) is 4.04. The number of H-pyrrole nitrogens is 2. The van der Waals surface area contributed by atoms with Crippen molar-refractivity contribution in [2.45, 2.75) is 114 Å². The molecule has 3 aliphatic carbocycles. The number of aromatic nitrogens is 4. The first-order valence-corrected chi connectivity index (χ1v) is 20.5. The van der Waals surface area contributed by atoms with Crippen molar-refractivity contribution < 1.29 is 33.4 Å². The first-order valence-electron chi connectivity index (χ1n) is 20.5. The van der Waals surface area contributed by atoms with E-state index in [0.717, 1.165) is 68.4 Å². The molecule has 4 atom stereocenters. The van der Waals surface area contributed by atoms with E-state index in [2.05, 4.69) is 44.9 Å². The second-order valence-electron chi connectivity index (χ2n) is 17.0. The molecule has 3 aromatic rings. The zero-order valence-corrected chi connectivity index (χ0v) is 34.1. The molecule has 57 heavy (non-hydrogen) atoms. The lowest BCUT2D eigenvalue weighted by Crippen LogP contribution is -2.54. The molecule has 0 radical (unpaired) electrons. The number of amides is 4. The van der Waals surface area contributed by atoms with E-state index in [1.54, 1.807) is 4.90 Å². The van der Waals surface area contributed by atoms with Crippen molar-refractivity contribution in [3.05, 3.63) is 59.6 Å². The van der Waals surface area contributed by atoms with Crippen molar-refractivity contribution in [2.75, 3.05) is 40.5 Å². The third-order valence-electron chi connectivity index (χ3n) is 13.2. The van der Waals surface area contributed by atoms with Gasteiger partial charge >= 0.3 is 12.2 Å². The average molecular weight is 787 g/mol. The lowest BCUT2D eigenvalue weighted by Gasteiger charge is -2.53. The van der Waals surface area contributed by atoms with E-state index in [4.69, 9.17) is 24.2 Å². The summed E-state index contributed by atoms with van der Waals surface area (Å²) in [6.45, 7) is 9.37. The number of alkyl carbamates (subject to hydrolysis) is 2. The van der Waals surface area contributed by atoms with Gasteiger partial charge in [-0.1, -0.05) is 52.0 Å². The van der Waals surface area contributed by atoms with Crippen molar-refractivity contribution in [3.8, 4) is 11.3 Å². The minimum Gasteiger partial charge on any atom is -0.453 e. The van der Waals surface area contributed by atoms with Crippen LogP contribution in [0.3, 0.4) is 0 Å². The van der Waals surface area contributed by atoms with Crippen LogP contribution in [0.1, 0.15) is 114 Å². The Balaban J connectivity index is 1.00. The zero-order valence-electron chi connectivity index (χ0n) is 34.1. The van der Waals surface area contributed by atoms with Crippen LogP contribution in [0.4, 0.5) is 9.59 Å². The molecule has 4 unspecified atom stereocenters. The van der Waals surface area contributed by atoms with Gasteiger partial charge < -0.3 is 44.6 Å². The summed E-state index contributed by atoms with van der Waals surface area (Å²) in [5, 5.41) is 5.43. The van der Waals surface area contributed by atoms with Crippen LogP contribution < -0.4 is 10.6 Å². The lowest BCUT2D eigenvalue weighted by molar-refractivity contribution is -0.143. The molecule has 2 bridgehead atoms. The molecule has 2 saturated heterocycles. The van der Waals surface area contributed by atoms with Crippen LogP contribution in [0, 0.1) is 11.8 Å². The molecular weight excluding hydrogens is 729 g/mol. The Morgan fingerprint density at radius 2 is 1.30 bits per heavy atom. The summed E-state index contributed by atoms with van der Waals surface area (Å²) < 4.78 is 15.4. The number of nitrogens with one attached hydrogen (secondary N) is 4. The predicted octanol–water partition coefficient (Wildman–Crippen LogP) is 5.67. The van der Waals surface area contributed by atoms with E-state index in [9.17, 15) is 19.2 Å². The fourth-order valence-corrected chi connectivity index (χ4v) is 9.62. The van der Waals surface area contributed by atoms with Crippen LogP contribution in [0.15, 0.2) is 36.7 Å². The van der Waals surface area contributed by atoms with Gasteiger partial charge in [0.1, 0.15) is 29.8 Å². The highest BCUT2D eigenvalue weighted by Crippen LogP contribution is 2.58. The van der Waals surface area contributed by atoms with Crippen LogP contribution in [-0.4, -0.2) is 106 Å². The van der Waals surface area contributed by atoms with Crippen molar-refractivity contribution in [1.29, 1.82) is 0 Å². The second-order valence-corrected chi connectivity index (χ2v) is 17.0. The van der Waals surface area contributed by atoms with Gasteiger partial charge in [-0.3, -0.25) is 9.59 Å². The molecule has 3 saturated carbocycles. The van der Waals surface area contributed by atoms with E-state index in [1.807, 2.05) is 45.0 Å². The van der Waals surface area contributed by atoms with E-state index < -0.39 is 30.3 Å². The number of morpholine rings is 1. The first kappa shape index (κ1) is 40.3. The van der Waals surface area contributed by atoms with Gasteiger partial charge in [-0.25, -0.2) is 19.6 Å². The molecule has 2 aliphatic heterocycles. The Morgan fingerprint density at radius 3 is 1.88 bits per heavy atom. The molecule has 5 fully saturated rings. The maximum atomic E-state index is 13.7. The number of hydrogen-bond donors (Lipinski definition) is 4. The number of carbonyl (C=O) groups is 4. The van der Waals surface area contributed by atoms with Gasteiger partial charge in [-0.05, 0) is 79.7 Å². The minimum atomic E-state index is -0.733. The summed E-state index contributed by atoms with van der Waals surface area (Å²) in [7, 11) is 2.59. The quantitative estimate of drug-likeness (QED) is 0.190. The van der Waals surface area contributed by atoms with Crippen LogP contribution in [0.5, 0.6) is 0 Å². The highest BCUT2D eigenvalue weighted by atomic mass is 16.5. The number of carbonyl (C=O) groups excluding carboxylic acids is 4. The van der Waals surface area contributed by atoms with E-state index in [0.29, 0.717) is 32.1 Å². The number of rotatable bonds is 11. The summed E-state index contributed by atoms with van der Waals surface area (Å²) in [6.07, 6.45) is 10.8. The lowest BCUT2D eigenvalue weighted by atomic mass is 9.51. The number of nitrogens with zero attached hydrogens (tertiary/aromatic N) is 4. The number of hydrogen-bond acceptors (Lipinski definition) is 9. The molecule has 2 aromatic heterocycles. The Bertz CT molecular complexity index is 1900. The number of fused-ring (bicyclic) bond motifs is 3. The Kier molecular flexibility index (Phi) is 11.7. The van der Waals surface area contributed by atoms with Crippen molar-refractivity contribution in [1.82, 2.24) is 40.4 Å². The van der Waals surface area contributed by atoms with Gasteiger partial charge in [0.05, 0.1) is 45.4 Å². The van der Waals surface area contributed by atoms with Gasteiger partial charge in [-0.15, -0.1) is 0 Å². The molecule has 4 N–H and O–H groups in total. The Morgan fingerprint density at radius 1 is 0.754 bits per heavy atom. The molecule has 0 spiro atoms. The number of likely N-dealkylation sites (tertiary alicyclic amines) is 1. The smallest absolute Gasteiger partial charge is 0.407 e. The molecule has 1 aromatic carbocycles. The third-order valence-corrected chi connectivity index (χ3v) is 13.2. The van der Waals surface area contributed by atoms with Crippen LogP contribution >= 0.6 is 0 Å². The summed E-state index contributed by atoms with van der Waals surface area (Å²) in [4.78, 5) is 71.7. The maximum absolute atomic E-state index is 13.7. The zero-order chi connectivity index (χ0) is 40.5. The normalized spacial score (nSPS) is 25.7. The van der Waals surface area contributed by atoms with Crippen LogP contribution in [-0.2, 0) is 34.6 Å². The third kappa shape index (κ3) is 7.86. The van der Waals surface area contributed by atoms with Gasteiger partial charge in [0.15, 0.2) is 0 Å². The predicted molar refractivity (Wildman–Crippen MR) is 211 cm³/mol. The number of ether oxygens (including phenoxy) is 3. The highest BCUT2D eigenvalue weighted by molar-refractivity contribution is 5.87. The molecule has 308 valence electrons. The molecule has 5 aliphatic rings. The first-order chi connectivity index (χ1) is 27.4. The SMILES string of the molecule is COC(=O)NC(C(=O)N1CCOCC1c1ncc(-c2ccc(C34CCC(c5cnc(C6CCCN6C(=O)C(NC(=O)OC)C(C)C)[nH]5)(CC3)CC4)cc2)[nH]1)C(C)C. The molecule has 4 amide bonds. The van der Waals surface area contributed by atoms with Crippen LogP contribution in [0.25, 0.3) is 11.3 Å². The van der Waals surface area contributed by atoms with Gasteiger partial charge in [-0.2, -0.15) is 0 Å². The Labute approximate surface area is 334 Å². The summed E-state index contributed by atoms with van der Waals surface area (Å²) in [5.74, 6) is 0.955. The van der Waals surface area contributed by atoms with Crippen molar-refractivity contribution in [3.63, 3.8) is 0 Å². The topological polar surface area (TPSA) is 184 Å². The maximum Gasteiger partial charge on any atom is 0.407 e. The van der Waals surface area contributed by atoms with Crippen LogP contribution in [0.2, 0.25) is 0 Å². The molecule has 15 nitrogen and oxygen atoms in total. The summed E-state index contributed by atoms with van der Waals surface area (Å²) in [5.41, 5.74) is 4.58. The van der Waals surface area contributed by atoms with Gasteiger partial charge in [0.25, 0.3) is 0 Å². The Hall–Kier alpha value is -4.92. The van der Waals surface area contributed by atoms with Crippen molar-refractivity contribution >= 4 is 24.0 Å². The standard InChI is InChI=1S/C42H58N8O7/c1-25(2)33(47-39(53)55-5)37(51)49-19-7-8-30(49)35-44-23-32(46-35)42-16-13-41(14-17-42,15-18-42)28-11-9-27(10-12-28)29-22-43-36(45-29)31-24-57-21-20-50(31)38(52)34(26(3)4)48-40(54)56-6/h9-12,22-23,25-26,30-31,33-34H,7-8,13-21,24H2,1-6H3,(H,43,45)(H,44,46)(H,47,53)(H,48,54). The molecule has 4 heterocycles. The number of imidazole rings is 2. The van der Waals surface area contributed by atoms with E-state index in [-0.39, 0.29) is 40.5 Å². The van der Waals surface area contributed by atoms with Crippen molar-refractivity contribution in [2.24, 2.45) is 11.8 Å². The molecular formula is C42H58N8O7. The minimum absolute atomic E-state index is 0.0439. The second kappa shape index (κ2) is 16.5.